The molecule has 9 heteroatoms. The zero-order chi connectivity index (χ0) is 27.2. The van der Waals surface area contributed by atoms with Crippen molar-refractivity contribution < 1.29 is 29.0 Å². The summed E-state index contributed by atoms with van der Waals surface area (Å²) >= 11 is 4.38. The van der Waals surface area contributed by atoms with E-state index in [9.17, 15) is 19.5 Å². The number of amides is 2. The number of hydrogen-bond acceptors (Lipinski definition) is 6. The van der Waals surface area contributed by atoms with Gasteiger partial charge in [-0.1, -0.05) is 57.0 Å². The second-order valence-electron chi connectivity index (χ2n) is 9.77. The summed E-state index contributed by atoms with van der Waals surface area (Å²) in [5, 5.41) is 14.9. The molecule has 8 nitrogen and oxygen atoms in total. The van der Waals surface area contributed by atoms with Crippen LogP contribution in [0.5, 0.6) is 11.5 Å². The summed E-state index contributed by atoms with van der Waals surface area (Å²) in [6.45, 7) is 3.76. The first-order chi connectivity index (χ1) is 17.6. The third-order valence-electron chi connectivity index (χ3n) is 6.86. The number of nitrogens with one attached hydrogen (secondary N) is 2. The van der Waals surface area contributed by atoms with Gasteiger partial charge in [-0.25, -0.2) is 4.79 Å². The van der Waals surface area contributed by atoms with Crippen LogP contribution in [0.25, 0.3) is 11.1 Å². The van der Waals surface area contributed by atoms with E-state index in [0.717, 1.165) is 24.0 Å². The Bertz CT molecular complexity index is 1130. The highest BCUT2D eigenvalue weighted by Crippen LogP contribution is 2.37. The first kappa shape index (κ1) is 28.4. The molecule has 0 spiro atoms. The van der Waals surface area contributed by atoms with Gasteiger partial charge in [0.05, 0.1) is 19.5 Å². The van der Waals surface area contributed by atoms with Crippen molar-refractivity contribution >= 4 is 30.4 Å². The van der Waals surface area contributed by atoms with Gasteiger partial charge in [-0.2, -0.15) is 12.6 Å². The van der Waals surface area contributed by atoms with E-state index >= 15 is 0 Å². The summed E-state index contributed by atoms with van der Waals surface area (Å²) in [7, 11) is 3.14. The van der Waals surface area contributed by atoms with Gasteiger partial charge in [-0.3, -0.25) is 9.59 Å². The molecular weight excluding hydrogens is 492 g/mol. The van der Waals surface area contributed by atoms with Crippen molar-refractivity contribution in [1.29, 1.82) is 0 Å². The number of ether oxygens (including phenoxy) is 2. The fourth-order valence-electron chi connectivity index (χ4n) is 4.68. The van der Waals surface area contributed by atoms with Gasteiger partial charge in [-0.15, -0.1) is 0 Å². The van der Waals surface area contributed by atoms with Gasteiger partial charge in [0, 0.05) is 17.5 Å². The van der Waals surface area contributed by atoms with Gasteiger partial charge < -0.3 is 25.2 Å². The van der Waals surface area contributed by atoms with E-state index < -0.39 is 28.7 Å². The van der Waals surface area contributed by atoms with Crippen LogP contribution in [0.15, 0.2) is 42.5 Å². The second kappa shape index (κ2) is 12.4. The van der Waals surface area contributed by atoms with Gasteiger partial charge in [0.15, 0.2) is 0 Å². The number of hydrogen-bond donors (Lipinski definition) is 4. The van der Waals surface area contributed by atoms with Crippen molar-refractivity contribution in [2.24, 2.45) is 5.92 Å². The van der Waals surface area contributed by atoms with Crippen LogP contribution >= 0.6 is 12.6 Å². The summed E-state index contributed by atoms with van der Waals surface area (Å²) in [6.07, 6.45) is 2.50. The third kappa shape index (κ3) is 6.57. The molecule has 2 amide bonds. The highest BCUT2D eigenvalue weighted by atomic mass is 32.1. The smallest absolute Gasteiger partial charge is 0.326 e. The highest BCUT2D eigenvalue weighted by molar-refractivity contribution is 7.81. The number of rotatable bonds is 11. The number of thiol groups is 1. The largest absolute Gasteiger partial charge is 0.496 e. The molecule has 2 atom stereocenters. The molecule has 0 heterocycles. The Kier molecular flexibility index (Phi) is 9.48. The van der Waals surface area contributed by atoms with Crippen LogP contribution < -0.4 is 20.1 Å². The van der Waals surface area contributed by atoms with Crippen molar-refractivity contribution in [3.05, 3.63) is 48.0 Å². The maximum atomic E-state index is 13.4. The summed E-state index contributed by atoms with van der Waals surface area (Å²) in [5.41, 5.74) is 1.20. The Balaban J connectivity index is 1.81. The SMILES string of the molecule is COc1ccccc1-c1ccc(CC(NC(=O)C2(NC(=O)C(S)C(C)C)CCCC2)C(=O)O)cc1OC. The third-order valence-corrected chi connectivity index (χ3v) is 7.69. The molecule has 2 unspecified atom stereocenters. The number of methoxy groups -OCH3 is 2. The van der Waals surface area contributed by atoms with Crippen LogP contribution in [-0.4, -0.2) is 53.9 Å². The lowest BCUT2D eigenvalue weighted by Gasteiger charge is -2.32. The molecule has 37 heavy (non-hydrogen) atoms. The van der Waals surface area contributed by atoms with E-state index in [2.05, 4.69) is 23.3 Å². The molecule has 2 aromatic rings. The molecule has 0 aliphatic heterocycles. The quantitative estimate of drug-likeness (QED) is 0.329. The first-order valence-electron chi connectivity index (χ1n) is 12.5. The Morgan fingerprint density at radius 2 is 1.62 bits per heavy atom. The zero-order valence-corrected chi connectivity index (χ0v) is 22.6. The number of carbonyl (C=O) groups is 3. The standard InChI is InChI=1S/C28H36N2O6S/c1-17(2)24(37)25(31)30-28(13-7-8-14-28)27(34)29-21(26(32)33)15-18-11-12-20(23(16-18)36-4)19-9-5-6-10-22(19)35-3/h5-6,9-12,16-17,21,24,37H,7-8,13-15H2,1-4H3,(H,29,34)(H,30,31)(H,32,33). The molecule has 3 N–H and O–H groups in total. The van der Waals surface area contributed by atoms with Gasteiger partial charge in [0.1, 0.15) is 23.1 Å². The lowest BCUT2D eigenvalue weighted by atomic mass is 9.93. The van der Waals surface area contributed by atoms with Crippen molar-refractivity contribution in [1.82, 2.24) is 10.6 Å². The van der Waals surface area contributed by atoms with E-state index in [1.165, 1.54) is 0 Å². The predicted molar refractivity (Wildman–Crippen MR) is 145 cm³/mol. The monoisotopic (exact) mass is 528 g/mol. The van der Waals surface area contributed by atoms with Gasteiger partial charge in [-0.05, 0) is 36.5 Å². The molecule has 0 saturated heterocycles. The Hall–Kier alpha value is -3.20. The fraction of sp³-hybridized carbons (Fsp3) is 0.464. The maximum absolute atomic E-state index is 13.4. The Labute approximate surface area is 223 Å². The molecule has 1 aliphatic carbocycles. The summed E-state index contributed by atoms with van der Waals surface area (Å²) < 4.78 is 11.1. The average molecular weight is 529 g/mol. The topological polar surface area (TPSA) is 114 Å². The van der Waals surface area contributed by atoms with E-state index in [1.54, 1.807) is 20.3 Å². The van der Waals surface area contributed by atoms with Crippen LogP contribution in [0.2, 0.25) is 0 Å². The van der Waals surface area contributed by atoms with Crippen molar-refractivity contribution in [2.45, 2.75) is 62.8 Å². The molecule has 0 radical (unpaired) electrons. The predicted octanol–water partition coefficient (Wildman–Crippen LogP) is 3.87. The molecule has 2 aromatic carbocycles. The molecule has 1 fully saturated rings. The molecule has 3 rings (SSSR count). The van der Waals surface area contributed by atoms with Crippen molar-refractivity contribution in [3.8, 4) is 22.6 Å². The summed E-state index contributed by atoms with van der Waals surface area (Å²) in [5.74, 6) is -0.716. The second-order valence-corrected chi connectivity index (χ2v) is 10.3. The zero-order valence-electron chi connectivity index (χ0n) is 21.7. The minimum absolute atomic E-state index is 0.00887. The van der Waals surface area contributed by atoms with E-state index in [4.69, 9.17) is 9.47 Å². The fourth-order valence-corrected chi connectivity index (χ4v) is 4.75. The van der Waals surface area contributed by atoms with Gasteiger partial charge in [0.2, 0.25) is 11.8 Å². The highest BCUT2D eigenvalue weighted by Gasteiger charge is 2.44. The number of benzene rings is 2. The lowest BCUT2D eigenvalue weighted by molar-refractivity contribution is -0.143. The minimum atomic E-state index is -1.18. The summed E-state index contributed by atoms with van der Waals surface area (Å²) in [4.78, 5) is 38.2. The average Bonchev–Trinajstić information content (AvgIpc) is 3.37. The van der Waals surface area contributed by atoms with Crippen molar-refractivity contribution in [3.63, 3.8) is 0 Å². The maximum Gasteiger partial charge on any atom is 0.326 e. The van der Waals surface area contributed by atoms with Crippen LogP contribution in [-0.2, 0) is 20.8 Å². The van der Waals surface area contributed by atoms with E-state index in [-0.39, 0.29) is 18.2 Å². The Morgan fingerprint density at radius 1 is 1.00 bits per heavy atom. The molecule has 1 aliphatic rings. The number of carboxylic acids is 1. The molecule has 0 aromatic heterocycles. The summed E-state index contributed by atoms with van der Waals surface area (Å²) in [6, 6.07) is 11.8. The van der Waals surface area contributed by atoms with Crippen LogP contribution in [0.1, 0.15) is 45.1 Å². The van der Waals surface area contributed by atoms with Crippen molar-refractivity contribution in [2.75, 3.05) is 14.2 Å². The number of para-hydroxylation sites is 1. The van der Waals surface area contributed by atoms with Crippen LogP contribution in [0.3, 0.4) is 0 Å². The minimum Gasteiger partial charge on any atom is -0.496 e. The molecule has 0 bridgehead atoms. The van der Waals surface area contributed by atoms with Crippen LogP contribution in [0.4, 0.5) is 0 Å². The van der Waals surface area contributed by atoms with Gasteiger partial charge >= 0.3 is 5.97 Å². The molecular formula is C28H36N2O6S. The molecule has 1 saturated carbocycles. The van der Waals surface area contributed by atoms with E-state index in [0.29, 0.717) is 29.9 Å². The number of carboxylic acid groups (broad SMARTS) is 1. The molecule has 200 valence electrons. The van der Waals surface area contributed by atoms with Crippen LogP contribution in [0, 0.1) is 5.92 Å². The number of carbonyl (C=O) groups excluding carboxylic acids is 2. The van der Waals surface area contributed by atoms with E-state index in [1.807, 2.05) is 50.2 Å². The Morgan fingerprint density at radius 3 is 2.22 bits per heavy atom. The first-order valence-corrected chi connectivity index (χ1v) is 13.0. The van der Waals surface area contributed by atoms with Gasteiger partial charge in [0.25, 0.3) is 0 Å². The lowest BCUT2D eigenvalue weighted by Crippen LogP contribution is -2.61. The normalized spacial score (nSPS) is 16.1. The number of aliphatic carboxylic acids is 1.